The Morgan fingerprint density at radius 2 is 1.88 bits per heavy atom. The maximum Gasteiger partial charge on any atom is 0.335 e. The van der Waals surface area contributed by atoms with Gasteiger partial charge in [-0.2, -0.15) is 0 Å². The molecule has 0 bridgehead atoms. The molecular formula is C20H20ClNO3. The van der Waals surface area contributed by atoms with Gasteiger partial charge < -0.3 is 10.4 Å². The lowest BCUT2D eigenvalue weighted by atomic mass is 9.95. The Hall–Kier alpha value is -2.33. The number of hydrogen-bond donors (Lipinski definition) is 2. The number of carbonyl (C=O) groups excluding carboxylic acids is 1. The van der Waals surface area contributed by atoms with E-state index >= 15 is 0 Å². The lowest BCUT2D eigenvalue weighted by molar-refractivity contribution is -0.126. The highest BCUT2D eigenvalue weighted by Crippen LogP contribution is 2.49. The average molecular weight is 358 g/mol. The summed E-state index contributed by atoms with van der Waals surface area (Å²) in [6.07, 6.45) is 3.01. The molecule has 1 aliphatic rings. The van der Waals surface area contributed by atoms with Crippen LogP contribution in [0.5, 0.6) is 0 Å². The molecule has 0 aromatic heterocycles. The summed E-state index contributed by atoms with van der Waals surface area (Å²) in [7, 11) is 0. The number of nitrogens with one attached hydrogen (secondary N) is 1. The van der Waals surface area contributed by atoms with Gasteiger partial charge in [-0.3, -0.25) is 4.79 Å². The molecule has 2 N–H and O–H groups in total. The molecule has 0 heterocycles. The van der Waals surface area contributed by atoms with Crippen molar-refractivity contribution in [3.63, 3.8) is 0 Å². The van der Waals surface area contributed by atoms with Crippen molar-refractivity contribution >= 4 is 23.5 Å². The van der Waals surface area contributed by atoms with Crippen LogP contribution in [0.2, 0.25) is 5.02 Å². The van der Waals surface area contributed by atoms with Crippen LogP contribution >= 0.6 is 11.6 Å². The van der Waals surface area contributed by atoms with Crippen molar-refractivity contribution in [3.05, 3.63) is 70.2 Å². The molecule has 4 nitrogen and oxygen atoms in total. The van der Waals surface area contributed by atoms with Crippen molar-refractivity contribution in [2.45, 2.75) is 25.7 Å². The van der Waals surface area contributed by atoms with Gasteiger partial charge in [0.05, 0.1) is 11.0 Å². The van der Waals surface area contributed by atoms with E-state index in [1.165, 1.54) is 0 Å². The Morgan fingerprint density at radius 3 is 2.56 bits per heavy atom. The van der Waals surface area contributed by atoms with Crippen molar-refractivity contribution in [1.29, 1.82) is 0 Å². The van der Waals surface area contributed by atoms with Crippen LogP contribution in [0.25, 0.3) is 0 Å². The highest BCUT2D eigenvalue weighted by molar-refractivity contribution is 6.31. The fraction of sp³-hybridized carbons (Fsp3) is 0.300. The average Bonchev–Trinajstić information content (AvgIpc) is 3.38. The fourth-order valence-corrected chi connectivity index (χ4v) is 3.21. The number of rotatable bonds is 7. The minimum Gasteiger partial charge on any atom is -0.478 e. The van der Waals surface area contributed by atoms with Crippen LogP contribution in [-0.2, 0) is 17.6 Å². The quantitative estimate of drug-likeness (QED) is 0.793. The van der Waals surface area contributed by atoms with E-state index < -0.39 is 5.97 Å². The van der Waals surface area contributed by atoms with E-state index in [-0.39, 0.29) is 16.9 Å². The zero-order chi connectivity index (χ0) is 17.9. The third kappa shape index (κ3) is 4.20. The Balaban J connectivity index is 1.55. The van der Waals surface area contributed by atoms with E-state index in [4.69, 9.17) is 16.7 Å². The second kappa shape index (κ2) is 7.28. The normalized spacial score (nSPS) is 14.8. The van der Waals surface area contributed by atoms with Crippen LogP contribution < -0.4 is 5.32 Å². The van der Waals surface area contributed by atoms with Gasteiger partial charge in [0.1, 0.15) is 0 Å². The molecular weight excluding hydrogens is 338 g/mol. The topological polar surface area (TPSA) is 66.4 Å². The molecule has 0 unspecified atom stereocenters. The van der Waals surface area contributed by atoms with Crippen LogP contribution in [0.1, 0.15) is 34.3 Å². The van der Waals surface area contributed by atoms with Gasteiger partial charge in [0.25, 0.3) is 0 Å². The summed E-state index contributed by atoms with van der Waals surface area (Å²) in [4.78, 5) is 23.6. The summed E-state index contributed by atoms with van der Waals surface area (Å²) in [6, 6.07) is 14.4. The van der Waals surface area contributed by atoms with Crippen molar-refractivity contribution in [1.82, 2.24) is 5.32 Å². The summed E-state index contributed by atoms with van der Waals surface area (Å²) in [6.45, 7) is 0.492. The number of carbonyl (C=O) groups is 2. The molecule has 0 radical (unpaired) electrons. The van der Waals surface area contributed by atoms with E-state index in [0.29, 0.717) is 24.4 Å². The molecule has 3 rings (SSSR count). The first-order valence-electron chi connectivity index (χ1n) is 8.34. The number of benzene rings is 2. The molecule has 5 heteroatoms. The predicted molar refractivity (Wildman–Crippen MR) is 96.9 cm³/mol. The van der Waals surface area contributed by atoms with Gasteiger partial charge in [-0.25, -0.2) is 4.79 Å². The van der Waals surface area contributed by atoms with Gasteiger partial charge in [0, 0.05) is 11.6 Å². The second-order valence-electron chi connectivity index (χ2n) is 6.56. The lowest BCUT2D eigenvalue weighted by Gasteiger charge is -2.16. The van der Waals surface area contributed by atoms with Crippen LogP contribution in [0.15, 0.2) is 48.5 Å². The summed E-state index contributed by atoms with van der Waals surface area (Å²) < 4.78 is 0. The first-order valence-corrected chi connectivity index (χ1v) is 8.72. The van der Waals surface area contributed by atoms with Crippen molar-refractivity contribution < 1.29 is 14.7 Å². The summed E-state index contributed by atoms with van der Waals surface area (Å²) in [5, 5.41) is 12.7. The largest absolute Gasteiger partial charge is 0.478 e. The minimum atomic E-state index is -0.942. The van der Waals surface area contributed by atoms with E-state index in [2.05, 4.69) is 5.32 Å². The molecule has 0 spiro atoms. The number of halogens is 1. The van der Waals surface area contributed by atoms with Gasteiger partial charge >= 0.3 is 5.97 Å². The van der Waals surface area contributed by atoms with Crippen molar-refractivity contribution in [3.8, 4) is 0 Å². The van der Waals surface area contributed by atoms with Gasteiger partial charge in [-0.05, 0) is 55.0 Å². The van der Waals surface area contributed by atoms with Gasteiger partial charge in [0.2, 0.25) is 5.91 Å². The monoisotopic (exact) mass is 357 g/mol. The minimum absolute atomic E-state index is 0.0572. The Labute approximate surface area is 151 Å². The fourth-order valence-electron chi connectivity index (χ4n) is 3.01. The molecule has 1 amide bonds. The molecule has 25 heavy (non-hydrogen) atoms. The molecule has 2 aromatic carbocycles. The molecule has 2 aromatic rings. The van der Waals surface area contributed by atoms with E-state index in [1.807, 2.05) is 30.3 Å². The molecule has 1 fully saturated rings. The molecule has 0 atom stereocenters. The summed E-state index contributed by atoms with van der Waals surface area (Å²) in [5.41, 5.74) is 1.83. The summed E-state index contributed by atoms with van der Waals surface area (Å²) in [5.74, 6) is -0.885. The van der Waals surface area contributed by atoms with Crippen molar-refractivity contribution in [2.24, 2.45) is 5.41 Å². The molecule has 1 saturated carbocycles. The third-order valence-corrected chi connectivity index (χ3v) is 5.06. The summed E-state index contributed by atoms with van der Waals surface area (Å²) >= 11 is 6.21. The smallest absolute Gasteiger partial charge is 0.335 e. The number of carboxylic acid groups (broad SMARTS) is 1. The van der Waals surface area contributed by atoms with Gasteiger partial charge in [0.15, 0.2) is 0 Å². The van der Waals surface area contributed by atoms with Gasteiger partial charge in [-0.15, -0.1) is 0 Å². The molecule has 1 aliphatic carbocycles. The van der Waals surface area contributed by atoms with E-state index in [9.17, 15) is 9.59 Å². The Morgan fingerprint density at radius 1 is 1.12 bits per heavy atom. The molecule has 130 valence electrons. The predicted octanol–water partition coefficient (Wildman–Crippen LogP) is 3.72. The number of aromatic carboxylic acids is 1. The standard InChI is InChI=1S/C20H20ClNO3/c21-17-7-2-1-5-16(17)13-20(9-10-20)19(25)22-11-8-14-4-3-6-15(12-14)18(23)24/h1-7,12H,8-11,13H2,(H,22,25)(H,23,24). The second-order valence-corrected chi connectivity index (χ2v) is 6.97. The first-order chi connectivity index (χ1) is 12.0. The van der Waals surface area contributed by atoms with E-state index in [0.717, 1.165) is 24.0 Å². The zero-order valence-corrected chi connectivity index (χ0v) is 14.6. The highest BCUT2D eigenvalue weighted by atomic mass is 35.5. The number of carboxylic acids is 1. The maximum atomic E-state index is 12.6. The van der Waals surface area contributed by atoms with Crippen LogP contribution in [0, 0.1) is 5.41 Å². The van der Waals surface area contributed by atoms with Crippen LogP contribution in [-0.4, -0.2) is 23.5 Å². The van der Waals surface area contributed by atoms with E-state index in [1.54, 1.807) is 18.2 Å². The molecule has 0 aliphatic heterocycles. The number of amides is 1. The maximum absolute atomic E-state index is 12.6. The van der Waals surface area contributed by atoms with Crippen LogP contribution in [0.3, 0.4) is 0 Å². The molecule has 0 saturated heterocycles. The Bertz CT molecular complexity index is 799. The number of hydrogen-bond acceptors (Lipinski definition) is 2. The van der Waals surface area contributed by atoms with Gasteiger partial charge in [-0.1, -0.05) is 41.9 Å². The van der Waals surface area contributed by atoms with Crippen LogP contribution in [0.4, 0.5) is 0 Å². The van der Waals surface area contributed by atoms with Crippen molar-refractivity contribution in [2.75, 3.05) is 6.54 Å². The third-order valence-electron chi connectivity index (χ3n) is 4.70. The first kappa shape index (κ1) is 17.5. The Kier molecular flexibility index (Phi) is 5.09. The highest BCUT2D eigenvalue weighted by Gasteiger charge is 2.49. The zero-order valence-electron chi connectivity index (χ0n) is 13.8. The lowest BCUT2D eigenvalue weighted by Crippen LogP contribution is -2.34. The SMILES string of the molecule is O=C(O)c1cccc(CCNC(=O)C2(Cc3ccccc3Cl)CC2)c1.